The number of hydrogen-bond acceptors (Lipinski definition) is 4. The molecule has 14 heavy (non-hydrogen) atoms. The van der Waals surface area contributed by atoms with Crippen LogP contribution >= 0.6 is 0 Å². The van der Waals surface area contributed by atoms with Crippen LogP contribution in [0.15, 0.2) is 0 Å². The van der Waals surface area contributed by atoms with Crippen molar-refractivity contribution >= 4 is 8.80 Å². The fourth-order valence-corrected chi connectivity index (χ4v) is 5.63. The van der Waals surface area contributed by atoms with Crippen LogP contribution in [-0.4, -0.2) is 41.5 Å². The molecule has 0 aromatic heterocycles. The van der Waals surface area contributed by atoms with Crippen LogP contribution in [0.1, 0.15) is 25.7 Å². The third-order valence-electron chi connectivity index (χ3n) is 3.50. The highest BCUT2D eigenvalue weighted by molar-refractivity contribution is 6.64. The van der Waals surface area contributed by atoms with E-state index in [9.17, 15) is 0 Å². The second kappa shape index (κ2) is 3.57. The largest absolute Gasteiger partial charge is 0.533 e. The van der Waals surface area contributed by atoms with Gasteiger partial charge < -0.3 is 18.0 Å². The molecule has 2 aliphatic heterocycles. The molecule has 0 radical (unpaired) electrons. The summed E-state index contributed by atoms with van der Waals surface area (Å²) in [6.07, 6.45) is 4.66. The van der Waals surface area contributed by atoms with Crippen molar-refractivity contribution in [2.75, 3.05) is 21.3 Å². The maximum atomic E-state index is 5.98. The van der Waals surface area contributed by atoms with Gasteiger partial charge in [0.15, 0.2) is 0 Å². The molecule has 2 heterocycles. The van der Waals surface area contributed by atoms with Gasteiger partial charge in [-0.25, -0.2) is 0 Å². The molecule has 0 saturated carbocycles. The van der Waals surface area contributed by atoms with Gasteiger partial charge >= 0.3 is 8.80 Å². The van der Waals surface area contributed by atoms with Crippen molar-refractivity contribution in [2.24, 2.45) is 0 Å². The molecule has 0 aromatic rings. The molecular formula is C9H18O4Si. The third-order valence-corrected chi connectivity index (χ3v) is 6.84. The van der Waals surface area contributed by atoms with Crippen LogP contribution in [0.5, 0.6) is 0 Å². The van der Waals surface area contributed by atoms with E-state index in [2.05, 4.69) is 0 Å². The van der Waals surface area contributed by atoms with Crippen LogP contribution in [0.4, 0.5) is 0 Å². The molecule has 0 N–H and O–H groups in total. The van der Waals surface area contributed by atoms with Crippen molar-refractivity contribution in [3.63, 3.8) is 0 Å². The van der Waals surface area contributed by atoms with E-state index < -0.39 is 8.80 Å². The minimum absolute atomic E-state index is 0.254. The van der Waals surface area contributed by atoms with Gasteiger partial charge in [-0.05, 0) is 25.7 Å². The molecule has 4 nitrogen and oxygen atoms in total. The highest BCUT2D eigenvalue weighted by Crippen LogP contribution is 2.49. The van der Waals surface area contributed by atoms with Crippen molar-refractivity contribution in [3.05, 3.63) is 0 Å². The zero-order valence-corrected chi connectivity index (χ0v) is 10.0. The van der Waals surface area contributed by atoms with E-state index in [-0.39, 0.29) is 5.22 Å². The predicted molar refractivity (Wildman–Crippen MR) is 52.9 cm³/mol. The van der Waals surface area contributed by atoms with E-state index in [1.54, 1.807) is 21.3 Å². The Morgan fingerprint density at radius 3 is 1.86 bits per heavy atom. The summed E-state index contributed by atoms with van der Waals surface area (Å²) in [6.45, 7) is 0. The monoisotopic (exact) mass is 218 g/mol. The number of fused-ring (bicyclic) bond motifs is 2. The van der Waals surface area contributed by atoms with Gasteiger partial charge in [-0.2, -0.15) is 0 Å². The number of hydrogen-bond donors (Lipinski definition) is 0. The molecule has 2 fully saturated rings. The van der Waals surface area contributed by atoms with Gasteiger partial charge in [0.2, 0.25) is 0 Å². The molecule has 5 heteroatoms. The minimum Gasteiger partial charge on any atom is -0.375 e. The Morgan fingerprint density at radius 2 is 1.57 bits per heavy atom. The first-order valence-electron chi connectivity index (χ1n) is 5.05. The van der Waals surface area contributed by atoms with Crippen molar-refractivity contribution in [3.8, 4) is 0 Å². The molecule has 0 unspecified atom stereocenters. The van der Waals surface area contributed by atoms with Gasteiger partial charge in [-0.3, -0.25) is 0 Å². The van der Waals surface area contributed by atoms with Crippen molar-refractivity contribution in [1.82, 2.24) is 0 Å². The lowest BCUT2D eigenvalue weighted by atomic mass is 10.0. The van der Waals surface area contributed by atoms with Gasteiger partial charge in [-0.1, -0.05) is 0 Å². The Kier molecular flexibility index (Phi) is 2.70. The first-order valence-corrected chi connectivity index (χ1v) is 6.78. The Morgan fingerprint density at radius 1 is 1.07 bits per heavy atom. The Balaban J connectivity index is 2.25. The smallest absolute Gasteiger partial charge is 0.375 e. The molecule has 2 aliphatic rings. The average Bonchev–Trinajstić information content (AvgIpc) is 2.82. The zero-order valence-electron chi connectivity index (χ0n) is 9.04. The Bertz CT molecular complexity index is 201. The van der Waals surface area contributed by atoms with Crippen molar-refractivity contribution in [2.45, 2.75) is 37.0 Å². The summed E-state index contributed by atoms with van der Waals surface area (Å²) >= 11 is 0. The van der Waals surface area contributed by atoms with Crippen LogP contribution in [-0.2, 0) is 18.0 Å². The number of ether oxygens (including phenoxy) is 1. The fraction of sp³-hybridized carbons (Fsp3) is 1.00. The summed E-state index contributed by atoms with van der Waals surface area (Å²) in [6, 6.07) is 0. The van der Waals surface area contributed by atoms with Crippen molar-refractivity contribution in [1.29, 1.82) is 0 Å². The van der Waals surface area contributed by atoms with Crippen LogP contribution in [0.2, 0.25) is 0 Å². The first kappa shape index (κ1) is 10.6. The Hall–Kier alpha value is 0.0569. The summed E-state index contributed by atoms with van der Waals surface area (Å²) in [5.41, 5.74) is 0. The normalized spacial score (nSPS) is 36.6. The molecule has 82 valence electrons. The fourth-order valence-electron chi connectivity index (χ4n) is 2.80. The third kappa shape index (κ3) is 1.20. The first-order chi connectivity index (χ1) is 6.72. The highest BCUT2D eigenvalue weighted by Gasteiger charge is 2.66. The molecule has 0 aromatic carbocycles. The second-order valence-corrected chi connectivity index (χ2v) is 7.23. The summed E-state index contributed by atoms with van der Waals surface area (Å²) < 4.78 is 22.5. The van der Waals surface area contributed by atoms with Crippen molar-refractivity contribution < 1.29 is 18.0 Å². The van der Waals surface area contributed by atoms with Gasteiger partial charge in [0.05, 0.1) is 6.10 Å². The topological polar surface area (TPSA) is 36.9 Å². The molecule has 2 saturated heterocycles. The van der Waals surface area contributed by atoms with Crippen LogP contribution < -0.4 is 0 Å². The van der Waals surface area contributed by atoms with E-state index in [1.165, 1.54) is 0 Å². The Labute approximate surface area is 85.9 Å². The van der Waals surface area contributed by atoms with Gasteiger partial charge in [0.1, 0.15) is 5.22 Å². The summed E-state index contributed by atoms with van der Waals surface area (Å²) in [5, 5.41) is -0.254. The van der Waals surface area contributed by atoms with Crippen LogP contribution in [0.3, 0.4) is 0 Å². The quantitative estimate of drug-likeness (QED) is 0.663. The van der Waals surface area contributed by atoms with E-state index >= 15 is 0 Å². The molecule has 2 rings (SSSR count). The molecule has 0 atom stereocenters. The van der Waals surface area contributed by atoms with Gasteiger partial charge in [-0.15, -0.1) is 0 Å². The predicted octanol–water partition coefficient (Wildman–Crippen LogP) is 1.12. The number of rotatable bonds is 4. The highest BCUT2D eigenvalue weighted by atomic mass is 28.4. The maximum absolute atomic E-state index is 5.98. The van der Waals surface area contributed by atoms with Gasteiger partial charge in [0, 0.05) is 21.3 Å². The lowest BCUT2D eigenvalue weighted by Crippen LogP contribution is -2.62. The average molecular weight is 218 g/mol. The maximum Gasteiger partial charge on any atom is 0.533 e. The molecule has 0 aliphatic carbocycles. The lowest BCUT2D eigenvalue weighted by Gasteiger charge is -2.38. The lowest BCUT2D eigenvalue weighted by molar-refractivity contribution is -0.0160. The van der Waals surface area contributed by atoms with Crippen LogP contribution in [0, 0.1) is 0 Å². The molecular weight excluding hydrogens is 200 g/mol. The van der Waals surface area contributed by atoms with E-state index in [4.69, 9.17) is 18.0 Å². The van der Waals surface area contributed by atoms with Crippen LogP contribution in [0.25, 0.3) is 0 Å². The minimum atomic E-state index is -2.62. The van der Waals surface area contributed by atoms with E-state index in [0.717, 1.165) is 25.7 Å². The van der Waals surface area contributed by atoms with Gasteiger partial charge in [0.25, 0.3) is 0 Å². The summed E-state index contributed by atoms with van der Waals surface area (Å²) in [5.74, 6) is 0. The zero-order chi connectivity index (χ0) is 10.2. The molecule has 0 spiro atoms. The standard InChI is InChI=1S/C9H18O4Si/c1-10-14(11-2,12-3)9-6-4-8(13-9)5-7-9/h8H,4-7H2,1-3H3. The second-order valence-electron chi connectivity index (χ2n) is 3.98. The molecule has 2 bridgehead atoms. The summed E-state index contributed by atoms with van der Waals surface area (Å²) in [4.78, 5) is 0. The molecule has 0 amide bonds. The van der Waals surface area contributed by atoms with E-state index in [0.29, 0.717) is 6.10 Å². The summed E-state index contributed by atoms with van der Waals surface area (Å²) in [7, 11) is 2.35. The SMILES string of the molecule is CO[Si](OC)(OC)C12CCC(CC1)O2. The van der Waals surface area contributed by atoms with E-state index in [1.807, 2.05) is 0 Å².